The molecule has 4 N–H and O–H groups in total. The van der Waals surface area contributed by atoms with Crippen LogP contribution in [0.1, 0.15) is 11.4 Å². The maximum Gasteiger partial charge on any atom is 0.409 e. The van der Waals surface area contributed by atoms with E-state index >= 15 is 0 Å². The fraction of sp³-hybridized carbons (Fsp3) is 0.200. The summed E-state index contributed by atoms with van der Waals surface area (Å²) in [7, 11) is -3.44. The molecule has 0 saturated heterocycles. The molecule has 0 spiro atoms. The minimum atomic E-state index is -3.44. The highest BCUT2D eigenvalue weighted by Gasteiger charge is 2.20. The molecule has 1 amide bonds. The third-order valence-corrected chi connectivity index (χ3v) is 4.23. The maximum absolute atomic E-state index is 11.5. The molecular formula is C15H17N6O4S+. The summed E-state index contributed by atoms with van der Waals surface area (Å²) in [5.41, 5.74) is 2.82. The first kappa shape index (κ1) is 17.6. The Labute approximate surface area is 148 Å². The lowest BCUT2D eigenvalue weighted by Crippen LogP contribution is -2.30. The van der Waals surface area contributed by atoms with Crippen molar-refractivity contribution < 1.29 is 22.8 Å². The highest BCUT2D eigenvalue weighted by molar-refractivity contribution is 7.92. The summed E-state index contributed by atoms with van der Waals surface area (Å²) in [5, 5.41) is 22.6. The van der Waals surface area contributed by atoms with Gasteiger partial charge in [-0.1, -0.05) is 16.6 Å². The molecule has 11 heteroatoms. The zero-order valence-electron chi connectivity index (χ0n) is 14.2. The van der Waals surface area contributed by atoms with Gasteiger partial charge in [-0.15, -0.1) is 10.2 Å². The summed E-state index contributed by atoms with van der Waals surface area (Å²) in [5.74, 6) is 0.608. The zero-order valence-corrected chi connectivity index (χ0v) is 15.0. The van der Waals surface area contributed by atoms with Gasteiger partial charge < -0.3 is 5.11 Å². The molecule has 0 fully saturated rings. The van der Waals surface area contributed by atoms with Gasteiger partial charge in [0.15, 0.2) is 0 Å². The number of H-pyrrole nitrogens is 1. The topological polar surface area (TPSA) is 141 Å². The number of anilines is 2. The Morgan fingerprint density at radius 2 is 1.96 bits per heavy atom. The first-order chi connectivity index (χ1) is 12.1. The van der Waals surface area contributed by atoms with Gasteiger partial charge >= 0.3 is 11.7 Å². The highest BCUT2D eigenvalue weighted by atomic mass is 32.2. The Kier molecular flexibility index (Phi) is 4.24. The van der Waals surface area contributed by atoms with Crippen LogP contribution in [-0.4, -0.2) is 41.2 Å². The van der Waals surface area contributed by atoms with Gasteiger partial charge in [0.05, 0.1) is 11.9 Å². The molecule has 0 aliphatic heterocycles. The van der Waals surface area contributed by atoms with Gasteiger partial charge in [0.25, 0.3) is 5.82 Å². The number of aryl methyl sites for hydroxylation is 2. The SMILES string of the molecule is Cc1ccc(-c2cc(NC(=O)O)c3n[nH]c(C)[n+]3n2)cc1NS(C)(=O)=O. The predicted octanol–water partition coefficient (Wildman–Crippen LogP) is 1.29. The fourth-order valence-electron chi connectivity index (χ4n) is 2.46. The van der Waals surface area contributed by atoms with E-state index in [9.17, 15) is 13.2 Å². The number of carbonyl (C=O) groups is 1. The number of amides is 1. The van der Waals surface area contributed by atoms with E-state index in [-0.39, 0.29) is 5.69 Å². The third-order valence-electron chi connectivity index (χ3n) is 3.64. The standard InChI is InChI=1S/C15H16N6O4S/c1-8-4-5-10(6-11(8)20-26(3,24)25)12-7-13(16-15(22)23)14-18-17-9(2)21(14)19-12/h4-7,20H,1-3H3,(H2,16,19,22,23)/p+1. The number of fused-ring (bicyclic) bond motifs is 1. The molecule has 10 nitrogen and oxygen atoms in total. The van der Waals surface area contributed by atoms with Crippen molar-refractivity contribution in [3.63, 3.8) is 0 Å². The van der Waals surface area contributed by atoms with E-state index in [2.05, 4.69) is 25.3 Å². The second-order valence-electron chi connectivity index (χ2n) is 5.82. The normalized spacial score (nSPS) is 11.5. The number of rotatable bonds is 4. The number of carboxylic acid groups (broad SMARTS) is 1. The highest BCUT2D eigenvalue weighted by Crippen LogP contribution is 2.26. The minimum Gasteiger partial charge on any atom is -0.465 e. The molecular weight excluding hydrogens is 360 g/mol. The molecule has 0 aliphatic rings. The number of nitrogens with one attached hydrogen (secondary N) is 3. The van der Waals surface area contributed by atoms with Crippen LogP contribution in [0.3, 0.4) is 0 Å². The molecule has 0 atom stereocenters. The van der Waals surface area contributed by atoms with E-state index < -0.39 is 16.1 Å². The Morgan fingerprint density at radius 3 is 2.62 bits per heavy atom. The van der Waals surface area contributed by atoms with Crippen molar-refractivity contribution in [3.8, 4) is 11.3 Å². The number of benzene rings is 1. The second kappa shape index (κ2) is 6.26. The summed E-state index contributed by atoms with van der Waals surface area (Å²) in [6.07, 6.45) is -0.156. The van der Waals surface area contributed by atoms with Crippen LogP contribution in [0.5, 0.6) is 0 Å². The number of aromatic nitrogens is 4. The Hall–Kier alpha value is -3.21. The molecule has 1 aromatic carbocycles. The number of hydrogen-bond donors (Lipinski definition) is 4. The average Bonchev–Trinajstić information content (AvgIpc) is 2.89. The van der Waals surface area contributed by atoms with Gasteiger partial charge in [0.2, 0.25) is 10.0 Å². The first-order valence-corrected chi connectivity index (χ1v) is 9.40. The number of sulfonamides is 1. The minimum absolute atomic E-state index is 0.255. The summed E-state index contributed by atoms with van der Waals surface area (Å²) in [6, 6.07) is 6.72. The summed E-state index contributed by atoms with van der Waals surface area (Å²) >= 11 is 0. The Balaban J connectivity index is 2.17. The van der Waals surface area contributed by atoms with E-state index in [0.29, 0.717) is 28.4 Å². The molecule has 0 unspecified atom stereocenters. The van der Waals surface area contributed by atoms with Crippen molar-refractivity contribution in [1.29, 1.82) is 0 Å². The quantitative estimate of drug-likeness (QED) is 0.505. The van der Waals surface area contributed by atoms with Crippen molar-refractivity contribution in [2.24, 2.45) is 0 Å². The Morgan fingerprint density at radius 1 is 1.23 bits per heavy atom. The molecule has 2 aromatic heterocycles. The number of aromatic amines is 1. The van der Waals surface area contributed by atoms with Crippen molar-refractivity contribution in [2.75, 3.05) is 16.3 Å². The third kappa shape index (κ3) is 3.57. The van der Waals surface area contributed by atoms with Crippen molar-refractivity contribution in [1.82, 2.24) is 15.3 Å². The van der Waals surface area contributed by atoms with Gasteiger partial charge in [-0.05, 0) is 24.6 Å². The average molecular weight is 377 g/mol. The van der Waals surface area contributed by atoms with Crippen LogP contribution in [0.2, 0.25) is 0 Å². The van der Waals surface area contributed by atoms with E-state index in [4.69, 9.17) is 5.11 Å². The van der Waals surface area contributed by atoms with Crippen molar-refractivity contribution in [3.05, 3.63) is 35.7 Å². The van der Waals surface area contributed by atoms with Gasteiger partial charge in [-0.2, -0.15) is 0 Å². The molecule has 2 heterocycles. The van der Waals surface area contributed by atoms with Crippen LogP contribution in [-0.2, 0) is 10.0 Å². The van der Waals surface area contributed by atoms with Crippen molar-refractivity contribution in [2.45, 2.75) is 13.8 Å². The molecule has 136 valence electrons. The molecule has 0 radical (unpaired) electrons. The largest absolute Gasteiger partial charge is 0.465 e. The molecule has 26 heavy (non-hydrogen) atoms. The fourth-order valence-corrected chi connectivity index (χ4v) is 3.08. The summed E-state index contributed by atoms with van der Waals surface area (Å²) in [6.45, 7) is 3.52. The van der Waals surface area contributed by atoms with Gasteiger partial charge in [-0.25, -0.2) is 13.2 Å². The van der Waals surface area contributed by atoms with Gasteiger partial charge in [0, 0.05) is 17.6 Å². The smallest absolute Gasteiger partial charge is 0.409 e. The maximum atomic E-state index is 11.5. The Bertz CT molecular complexity index is 1120. The first-order valence-electron chi connectivity index (χ1n) is 7.51. The van der Waals surface area contributed by atoms with Gasteiger partial charge in [-0.3, -0.25) is 10.0 Å². The monoisotopic (exact) mass is 377 g/mol. The molecule has 3 aromatic rings. The van der Waals surface area contributed by atoms with Crippen LogP contribution in [0, 0.1) is 13.8 Å². The number of nitrogens with zero attached hydrogens (tertiary/aromatic N) is 3. The van der Waals surface area contributed by atoms with E-state index in [1.165, 1.54) is 4.52 Å². The van der Waals surface area contributed by atoms with Crippen molar-refractivity contribution >= 4 is 33.1 Å². The lowest BCUT2D eigenvalue weighted by atomic mass is 10.1. The molecule has 3 rings (SSSR count). The van der Waals surface area contributed by atoms with Gasteiger partial charge in [0.1, 0.15) is 11.4 Å². The lowest BCUT2D eigenvalue weighted by Gasteiger charge is -2.10. The number of hydrogen-bond acceptors (Lipinski definition) is 5. The van der Waals surface area contributed by atoms with E-state index in [1.807, 2.05) is 0 Å². The van der Waals surface area contributed by atoms with Crippen LogP contribution in [0.25, 0.3) is 16.9 Å². The predicted molar refractivity (Wildman–Crippen MR) is 94.6 cm³/mol. The second-order valence-corrected chi connectivity index (χ2v) is 7.57. The summed E-state index contributed by atoms with van der Waals surface area (Å²) in [4.78, 5) is 11.1. The van der Waals surface area contributed by atoms with Crippen LogP contribution in [0.4, 0.5) is 16.2 Å². The van der Waals surface area contributed by atoms with Crippen LogP contribution in [0.15, 0.2) is 24.3 Å². The zero-order chi connectivity index (χ0) is 19.1. The van der Waals surface area contributed by atoms with E-state index in [0.717, 1.165) is 11.8 Å². The molecule has 0 bridgehead atoms. The molecule has 0 saturated carbocycles. The molecule has 0 aliphatic carbocycles. The summed E-state index contributed by atoms with van der Waals surface area (Å²) < 4.78 is 27.0. The van der Waals surface area contributed by atoms with Crippen LogP contribution < -0.4 is 14.6 Å². The van der Waals surface area contributed by atoms with Crippen LogP contribution >= 0.6 is 0 Å². The lowest BCUT2D eigenvalue weighted by molar-refractivity contribution is -0.586. The van der Waals surface area contributed by atoms with E-state index in [1.54, 1.807) is 38.1 Å².